The Morgan fingerprint density at radius 1 is 0.591 bits per heavy atom. The highest BCUT2D eigenvalue weighted by atomic mass is 16.4. The first-order valence-electron chi connectivity index (χ1n) is 14.2. The molecule has 0 heterocycles. The zero-order valence-corrected chi connectivity index (χ0v) is 27.1. The monoisotopic (exact) mass is 644 g/mol. The van der Waals surface area contributed by atoms with Gasteiger partial charge in [-0.05, 0) is 50.5 Å². The van der Waals surface area contributed by atoms with E-state index in [9.17, 15) is 24.0 Å². The van der Waals surface area contributed by atoms with Gasteiger partial charge in [-0.25, -0.2) is 0 Å². The van der Waals surface area contributed by atoms with Crippen molar-refractivity contribution in [1.29, 1.82) is 0 Å². The predicted octanol–water partition coefficient (Wildman–Crippen LogP) is -0.751. The first kappa shape index (κ1) is 50.7. The Balaban J connectivity index is -0.000000144. The second-order valence-electron chi connectivity index (χ2n) is 10.8. The molecule has 0 aliphatic carbocycles. The van der Waals surface area contributed by atoms with Crippen LogP contribution in [0, 0.1) is 17.8 Å². The van der Waals surface area contributed by atoms with Crippen molar-refractivity contribution in [3.63, 3.8) is 0 Å². The average Bonchev–Trinajstić information content (AvgIpc) is 2.91. The number of aliphatic hydroxyl groups excluding tert-OH is 1. The summed E-state index contributed by atoms with van der Waals surface area (Å²) in [4.78, 5) is 50.3. The third kappa shape index (κ3) is 35.3. The fraction of sp³-hybridized carbons (Fsp3) is 0.815. The van der Waals surface area contributed by atoms with Crippen molar-refractivity contribution in [2.75, 3.05) is 6.54 Å². The van der Waals surface area contributed by atoms with E-state index in [2.05, 4.69) is 0 Å². The van der Waals surface area contributed by atoms with Crippen LogP contribution < -0.4 is 34.4 Å². The van der Waals surface area contributed by atoms with Gasteiger partial charge in [0.2, 0.25) is 0 Å². The maximum atomic E-state index is 10.2. The predicted molar refractivity (Wildman–Crippen MR) is 166 cm³/mol. The molecule has 0 fully saturated rings. The van der Waals surface area contributed by atoms with Gasteiger partial charge in [0, 0.05) is 0 Å². The van der Waals surface area contributed by atoms with Crippen LogP contribution in [0.4, 0.5) is 0 Å². The van der Waals surface area contributed by atoms with E-state index in [0.29, 0.717) is 25.3 Å². The lowest BCUT2D eigenvalue weighted by atomic mass is 10.0. The van der Waals surface area contributed by atoms with Gasteiger partial charge in [0.15, 0.2) is 0 Å². The molecule has 0 aliphatic heterocycles. The number of rotatable bonds is 15. The lowest BCUT2D eigenvalue weighted by molar-refractivity contribution is -0.141. The minimum atomic E-state index is -1.18. The van der Waals surface area contributed by atoms with Gasteiger partial charge < -0.3 is 65.0 Å². The molecule has 17 nitrogen and oxygen atoms in total. The van der Waals surface area contributed by atoms with Crippen LogP contribution in [-0.2, 0) is 24.0 Å². The molecule has 17 heteroatoms. The van der Waals surface area contributed by atoms with Crippen molar-refractivity contribution >= 4 is 29.8 Å². The summed E-state index contributed by atoms with van der Waals surface area (Å²) in [6, 6.07) is -3.98. The minimum absolute atomic E-state index is 0.0208. The van der Waals surface area contributed by atoms with Crippen LogP contribution >= 0.6 is 0 Å². The molecule has 0 aromatic carbocycles. The second-order valence-corrected chi connectivity index (χ2v) is 10.8. The molecular formula is C27H60N6O11. The van der Waals surface area contributed by atoms with Crippen LogP contribution in [0.1, 0.15) is 80.6 Å². The van der Waals surface area contributed by atoms with Crippen LogP contribution in [-0.4, -0.2) is 103 Å². The molecule has 264 valence electrons. The summed E-state index contributed by atoms with van der Waals surface area (Å²) < 4.78 is 0. The minimum Gasteiger partial charge on any atom is -0.480 e. The van der Waals surface area contributed by atoms with Crippen molar-refractivity contribution in [2.45, 2.75) is 117 Å². The van der Waals surface area contributed by atoms with Crippen molar-refractivity contribution in [2.24, 2.45) is 52.2 Å². The van der Waals surface area contributed by atoms with E-state index in [0.717, 1.165) is 19.3 Å². The standard InChI is InChI=1S/C6H14N2O2.2C6H13NO2.C5H11NO2.C4H9NO3/c7-4-2-1-3-5(8)6(9)10;1-4(2)3-5(7)6(8)9;1-3-4(2)5(7)6(8)9;1-3(2)4(6)5(7)8;1-2(6)3(5)4(7)8/h5H,1-4,7-8H2,(H,9,10);2*4-5H,3,7H2,1-2H3,(H,8,9);3-4H,6H2,1-2H3,(H,7,8);2-3,6H,5H2,1H3,(H,7,8)/t2*5-;4-,5-;4-;2-,3+/m00001/s1. The van der Waals surface area contributed by atoms with E-state index < -0.39 is 66.2 Å². The zero-order chi connectivity index (χ0) is 36.3. The molecular weight excluding hydrogens is 584 g/mol. The molecule has 0 unspecified atom stereocenters. The van der Waals surface area contributed by atoms with Gasteiger partial charge in [0.25, 0.3) is 0 Å². The molecule has 0 amide bonds. The normalized spacial score (nSPS) is 14.9. The number of aliphatic hydroxyl groups is 1. The Labute approximate surface area is 260 Å². The Morgan fingerprint density at radius 2 is 0.977 bits per heavy atom. The maximum Gasteiger partial charge on any atom is 0.323 e. The Bertz CT molecular complexity index is 761. The number of aliphatic carboxylic acids is 5. The Morgan fingerprint density at radius 3 is 1.11 bits per heavy atom. The van der Waals surface area contributed by atoms with Crippen molar-refractivity contribution in [3.05, 3.63) is 0 Å². The molecule has 0 spiro atoms. The number of hydrogen-bond donors (Lipinski definition) is 12. The number of carbonyl (C=O) groups is 5. The lowest BCUT2D eigenvalue weighted by Crippen LogP contribution is -2.39. The summed E-state index contributed by atoms with van der Waals surface area (Å²) in [5.41, 5.74) is 31.0. The first-order chi connectivity index (χ1) is 19.9. The van der Waals surface area contributed by atoms with Crippen LogP contribution in [0.3, 0.4) is 0 Å². The number of hydrogen-bond acceptors (Lipinski definition) is 12. The van der Waals surface area contributed by atoms with E-state index in [4.69, 9.17) is 65.0 Å². The van der Waals surface area contributed by atoms with Crippen LogP contribution in [0.2, 0.25) is 0 Å². The number of carboxylic acids is 5. The summed E-state index contributed by atoms with van der Waals surface area (Å²) in [6.07, 6.45) is 2.55. The summed E-state index contributed by atoms with van der Waals surface area (Å²) >= 11 is 0. The van der Waals surface area contributed by atoms with Crippen molar-refractivity contribution in [3.8, 4) is 0 Å². The van der Waals surface area contributed by atoms with Crippen LogP contribution in [0.15, 0.2) is 0 Å². The maximum absolute atomic E-state index is 10.2. The highest BCUT2D eigenvalue weighted by Crippen LogP contribution is 2.04. The molecule has 0 aliphatic rings. The van der Waals surface area contributed by atoms with Gasteiger partial charge in [0.1, 0.15) is 30.2 Å². The number of nitrogens with two attached hydrogens (primary N) is 6. The molecule has 0 saturated heterocycles. The molecule has 18 N–H and O–H groups in total. The topological polar surface area (TPSA) is 363 Å². The summed E-state index contributed by atoms with van der Waals surface area (Å²) in [7, 11) is 0. The van der Waals surface area contributed by atoms with E-state index in [1.807, 2.05) is 27.7 Å². The number of carboxylic acid groups (broad SMARTS) is 5. The Hall–Kier alpha value is -2.93. The quantitative estimate of drug-likeness (QED) is 0.0975. The molecule has 7 atom stereocenters. The van der Waals surface area contributed by atoms with Gasteiger partial charge >= 0.3 is 29.8 Å². The molecule has 0 saturated carbocycles. The van der Waals surface area contributed by atoms with Gasteiger partial charge in [-0.2, -0.15) is 0 Å². The third-order valence-electron chi connectivity index (χ3n) is 5.68. The highest BCUT2D eigenvalue weighted by molar-refractivity contribution is 5.74. The summed E-state index contributed by atoms with van der Waals surface area (Å²) in [5, 5.41) is 49.8. The second kappa shape index (κ2) is 30.1. The fourth-order valence-corrected chi connectivity index (χ4v) is 2.23. The summed E-state index contributed by atoms with van der Waals surface area (Å²) in [6.45, 7) is 13.1. The SMILES string of the molecule is CC(C)C[C@H](N)C(=O)O.CC(C)[C@H](N)C(=O)O.CC[C@H](C)[C@H](N)C(=O)O.C[C@@H](O)[C@H](N)C(=O)O.NCCCC[C@H](N)C(=O)O. The fourth-order valence-electron chi connectivity index (χ4n) is 2.23. The molecule has 0 radical (unpaired) electrons. The lowest BCUT2D eigenvalue weighted by Gasteiger charge is -2.11. The molecule has 0 bridgehead atoms. The largest absolute Gasteiger partial charge is 0.480 e. The summed E-state index contributed by atoms with van der Waals surface area (Å²) in [5.74, 6) is -4.42. The average molecular weight is 645 g/mol. The first-order valence-corrected chi connectivity index (χ1v) is 14.2. The Kier molecular flexibility index (Phi) is 34.7. The van der Waals surface area contributed by atoms with Gasteiger partial charge in [-0.15, -0.1) is 0 Å². The van der Waals surface area contributed by atoms with E-state index in [1.54, 1.807) is 13.8 Å². The van der Waals surface area contributed by atoms with Crippen LogP contribution in [0.5, 0.6) is 0 Å². The molecule has 0 aromatic heterocycles. The van der Waals surface area contributed by atoms with Gasteiger partial charge in [-0.3, -0.25) is 24.0 Å². The smallest absolute Gasteiger partial charge is 0.323 e. The molecule has 0 rings (SSSR count). The molecule has 0 aromatic rings. The van der Waals surface area contributed by atoms with E-state index in [1.165, 1.54) is 6.92 Å². The number of unbranched alkanes of at least 4 members (excludes halogenated alkanes) is 1. The van der Waals surface area contributed by atoms with E-state index >= 15 is 0 Å². The van der Waals surface area contributed by atoms with Gasteiger partial charge in [0.05, 0.1) is 6.10 Å². The third-order valence-corrected chi connectivity index (χ3v) is 5.68. The highest BCUT2D eigenvalue weighted by Gasteiger charge is 2.18. The van der Waals surface area contributed by atoms with Gasteiger partial charge in [-0.1, -0.05) is 54.4 Å². The molecule has 44 heavy (non-hydrogen) atoms. The van der Waals surface area contributed by atoms with Crippen molar-refractivity contribution < 1.29 is 54.6 Å². The van der Waals surface area contributed by atoms with Crippen LogP contribution in [0.25, 0.3) is 0 Å². The van der Waals surface area contributed by atoms with E-state index in [-0.39, 0.29) is 11.8 Å². The van der Waals surface area contributed by atoms with Crippen molar-refractivity contribution in [1.82, 2.24) is 0 Å². The zero-order valence-electron chi connectivity index (χ0n) is 27.1.